The molecule has 5 heteroatoms. The minimum absolute atomic E-state index is 0.364. The predicted octanol–water partition coefficient (Wildman–Crippen LogP) is 5.34. The Labute approximate surface area is 166 Å². The van der Waals surface area contributed by atoms with Gasteiger partial charge in [0.2, 0.25) is 0 Å². The van der Waals surface area contributed by atoms with Gasteiger partial charge in [-0.3, -0.25) is 9.78 Å². The third-order valence-electron chi connectivity index (χ3n) is 3.80. The van der Waals surface area contributed by atoms with Crippen LogP contribution in [0.3, 0.4) is 0 Å². The molecule has 148 valence electrons. The zero-order valence-corrected chi connectivity index (χ0v) is 15.9. The van der Waals surface area contributed by atoms with E-state index in [4.69, 9.17) is 19.2 Å². The quantitative estimate of drug-likeness (QED) is 0.117. The van der Waals surface area contributed by atoms with E-state index in [9.17, 15) is 4.79 Å². The fourth-order valence-electron chi connectivity index (χ4n) is 2.32. The van der Waals surface area contributed by atoms with Crippen molar-refractivity contribution in [1.29, 1.82) is 0 Å². The number of para-hydroxylation sites is 1. The molecule has 0 heterocycles. The van der Waals surface area contributed by atoms with Crippen LogP contribution in [0.2, 0.25) is 0 Å². The molecular formula is C23H26O5. The Morgan fingerprint density at radius 3 is 2.29 bits per heavy atom. The fraction of sp³-hybridized carbons (Fsp3) is 0.261. The van der Waals surface area contributed by atoms with E-state index < -0.39 is 0 Å². The molecule has 2 aromatic rings. The van der Waals surface area contributed by atoms with Crippen molar-refractivity contribution in [3.63, 3.8) is 0 Å². The number of ether oxygens (including phenoxy) is 2. The van der Waals surface area contributed by atoms with Crippen molar-refractivity contribution in [3.8, 4) is 11.5 Å². The van der Waals surface area contributed by atoms with Crippen LogP contribution in [0.1, 0.15) is 31.2 Å². The van der Waals surface area contributed by atoms with Gasteiger partial charge < -0.3 is 9.47 Å². The maximum absolute atomic E-state index is 10.9. The number of carbonyl (C=O) groups is 1. The van der Waals surface area contributed by atoms with Crippen molar-refractivity contribution >= 4 is 12.0 Å². The van der Waals surface area contributed by atoms with E-state index in [-0.39, 0.29) is 5.97 Å². The Hall–Kier alpha value is -3.21. The Morgan fingerprint density at radius 2 is 1.57 bits per heavy atom. The van der Waals surface area contributed by atoms with Crippen LogP contribution in [-0.4, -0.2) is 19.2 Å². The smallest absolute Gasteiger partial charge is 0.330 e. The van der Waals surface area contributed by atoms with Gasteiger partial charge in [0.05, 0.1) is 13.2 Å². The second-order valence-corrected chi connectivity index (χ2v) is 6.00. The highest BCUT2D eigenvalue weighted by atomic mass is 17.2. The van der Waals surface area contributed by atoms with Crippen LogP contribution < -0.4 is 9.62 Å². The van der Waals surface area contributed by atoms with E-state index in [1.165, 1.54) is 12.3 Å². The molecule has 0 radical (unpaired) electrons. The number of benzene rings is 2. The van der Waals surface area contributed by atoms with Gasteiger partial charge in [0.1, 0.15) is 12.0 Å². The molecule has 0 spiro atoms. The molecular weight excluding hydrogens is 356 g/mol. The van der Waals surface area contributed by atoms with Crippen LogP contribution in [0.4, 0.5) is 0 Å². The summed E-state index contributed by atoms with van der Waals surface area (Å²) in [6.45, 7) is 4.47. The topological polar surface area (TPSA) is 54.0 Å². The predicted molar refractivity (Wildman–Crippen MR) is 109 cm³/mol. The van der Waals surface area contributed by atoms with Gasteiger partial charge in [-0.15, -0.1) is 0 Å². The van der Waals surface area contributed by atoms with Crippen molar-refractivity contribution in [3.05, 3.63) is 79.1 Å². The Kier molecular flexibility index (Phi) is 9.82. The molecule has 0 bridgehead atoms. The molecule has 0 aliphatic carbocycles. The first-order chi connectivity index (χ1) is 13.8. The van der Waals surface area contributed by atoms with Gasteiger partial charge >= 0.3 is 5.97 Å². The van der Waals surface area contributed by atoms with Gasteiger partial charge in [0.15, 0.2) is 5.75 Å². The normalized spacial score (nSPS) is 10.4. The number of hydrogen-bond acceptors (Lipinski definition) is 5. The first-order valence-electron chi connectivity index (χ1n) is 9.35. The SMILES string of the molecule is C=CC(=O)OCCCCCCOc1ccc(/C=C/OOc2ccccc2)cc1. The molecule has 2 aromatic carbocycles. The van der Waals surface area contributed by atoms with Gasteiger partial charge in [-0.05, 0) is 61.6 Å². The number of hydrogen-bond donors (Lipinski definition) is 0. The molecule has 0 amide bonds. The summed E-state index contributed by atoms with van der Waals surface area (Å²) >= 11 is 0. The average molecular weight is 382 g/mol. The standard InChI is InChI=1S/C23H26O5/c1-2-23(24)26-18-9-4-3-8-17-25-21-14-12-20(13-15-21)16-19-27-28-22-10-6-5-7-11-22/h2,5-7,10-16,19H,1,3-4,8-9,17-18H2/b19-16+. The molecule has 0 fully saturated rings. The maximum Gasteiger partial charge on any atom is 0.330 e. The molecule has 0 aromatic heterocycles. The Balaban J connectivity index is 1.55. The van der Waals surface area contributed by atoms with E-state index in [1.54, 1.807) is 0 Å². The van der Waals surface area contributed by atoms with E-state index in [2.05, 4.69) is 6.58 Å². The highest BCUT2D eigenvalue weighted by Crippen LogP contribution is 2.14. The van der Waals surface area contributed by atoms with Crippen LogP contribution in [0.25, 0.3) is 6.08 Å². The van der Waals surface area contributed by atoms with Crippen LogP contribution >= 0.6 is 0 Å². The minimum atomic E-state index is -0.364. The van der Waals surface area contributed by atoms with Crippen LogP contribution in [0.15, 0.2) is 73.5 Å². The first kappa shape index (κ1) is 21.1. The minimum Gasteiger partial charge on any atom is -0.494 e. The highest BCUT2D eigenvalue weighted by Gasteiger charge is 1.97. The summed E-state index contributed by atoms with van der Waals surface area (Å²) in [4.78, 5) is 21.1. The van der Waals surface area contributed by atoms with Gasteiger partial charge in [-0.1, -0.05) is 36.9 Å². The van der Waals surface area contributed by atoms with E-state index >= 15 is 0 Å². The summed E-state index contributed by atoms with van der Waals surface area (Å²) in [7, 11) is 0. The van der Waals surface area contributed by atoms with Gasteiger partial charge in [0.25, 0.3) is 0 Å². The molecule has 0 saturated heterocycles. The first-order valence-corrected chi connectivity index (χ1v) is 9.35. The summed E-state index contributed by atoms with van der Waals surface area (Å²) in [6.07, 6.45) is 8.34. The molecule has 0 N–H and O–H groups in total. The number of carbonyl (C=O) groups excluding carboxylic acids is 1. The lowest BCUT2D eigenvalue weighted by Crippen LogP contribution is -2.02. The lowest BCUT2D eigenvalue weighted by molar-refractivity contribution is -0.148. The van der Waals surface area contributed by atoms with Crippen molar-refractivity contribution < 1.29 is 24.0 Å². The van der Waals surface area contributed by atoms with Crippen LogP contribution in [-0.2, 0) is 14.4 Å². The Morgan fingerprint density at radius 1 is 0.857 bits per heavy atom. The molecule has 5 nitrogen and oxygen atoms in total. The zero-order valence-electron chi connectivity index (χ0n) is 15.9. The molecule has 0 saturated carbocycles. The van der Waals surface area contributed by atoms with Crippen LogP contribution in [0, 0.1) is 0 Å². The number of unbranched alkanes of at least 4 members (excludes halogenated alkanes) is 3. The maximum atomic E-state index is 10.9. The second-order valence-electron chi connectivity index (χ2n) is 6.00. The summed E-state index contributed by atoms with van der Waals surface area (Å²) in [6, 6.07) is 17.0. The van der Waals surface area contributed by atoms with Crippen molar-refractivity contribution in [1.82, 2.24) is 0 Å². The summed E-state index contributed by atoms with van der Waals surface area (Å²) in [5, 5.41) is 0. The molecule has 2 rings (SSSR count). The van der Waals surface area contributed by atoms with Gasteiger partial charge in [-0.25, -0.2) is 4.79 Å². The monoisotopic (exact) mass is 382 g/mol. The lowest BCUT2D eigenvalue weighted by atomic mass is 10.2. The molecule has 28 heavy (non-hydrogen) atoms. The number of esters is 1. The zero-order chi connectivity index (χ0) is 19.9. The fourth-order valence-corrected chi connectivity index (χ4v) is 2.32. The average Bonchev–Trinajstić information content (AvgIpc) is 2.74. The lowest BCUT2D eigenvalue weighted by Gasteiger charge is -2.06. The van der Waals surface area contributed by atoms with Crippen molar-refractivity contribution in [2.24, 2.45) is 0 Å². The summed E-state index contributed by atoms with van der Waals surface area (Å²) in [5.74, 6) is 1.11. The Bertz CT molecular complexity index is 722. The van der Waals surface area contributed by atoms with E-state index in [0.29, 0.717) is 19.0 Å². The second kappa shape index (κ2) is 13.0. The molecule has 0 atom stereocenters. The van der Waals surface area contributed by atoms with Gasteiger partial charge in [0, 0.05) is 6.08 Å². The van der Waals surface area contributed by atoms with E-state index in [0.717, 1.165) is 37.0 Å². The van der Waals surface area contributed by atoms with Crippen molar-refractivity contribution in [2.75, 3.05) is 13.2 Å². The van der Waals surface area contributed by atoms with E-state index in [1.807, 2.05) is 60.7 Å². The van der Waals surface area contributed by atoms with Crippen molar-refractivity contribution in [2.45, 2.75) is 25.7 Å². The molecule has 0 aliphatic heterocycles. The van der Waals surface area contributed by atoms with Crippen LogP contribution in [0.5, 0.6) is 11.5 Å². The number of rotatable bonds is 13. The highest BCUT2D eigenvalue weighted by molar-refractivity contribution is 5.81. The largest absolute Gasteiger partial charge is 0.494 e. The molecule has 0 aliphatic rings. The molecule has 0 unspecified atom stereocenters. The summed E-state index contributed by atoms with van der Waals surface area (Å²) in [5.41, 5.74) is 0.984. The summed E-state index contributed by atoms with van der Waals surface area (Å²) < 4.78 is 10.7. The van der Waals surface area contributed by atoms with Gasteiger partial charge in [-0.2, -0.15) is 0 Å². The third kappa shape index (κ3) is 8.94. The third-order valence-corrected chi connectivity index (χ3v) is 3.80.